The van der Waals surface area contributed by atoms with E-state index in [4.69, 9.17) is 4.74 Å². The zero-order valence-corrected chi connectivity index (χ0v) is 21.0. The van der Waals surface area contributed by atoms with E-state index in [1.54, 1.807) is 42.5 Å². The van der Waals surface area contributed by atoms with Gasteiger partial charge in [0.1, 0.15) is 5.75 Å². The number of hydrogen-bond donors (Lipinski definition) is 1. The van der Waals surface area contributed by atoms with E-state index in [-0.39, 0.29) is 36.2 Å². The van der Waals surface area contributed by atoms with Crippen LogP contribution in [0.25, 0.3) is 0 Å². The molecule has 0 bridgehead atoms. The largest absolute Gasteiger partial charge is 0.478 e. The molecule has 1 N–H and O–H groups in total. The van der Waals surface area contributed by atoms with E-state index in [1.807, 2.05) is 6.92 Å². The Morgan fingerprint density at radius 2 is 1.66 bits per heavy atom. The molecule has 182 valence electrons. The van der Waals surface area contributed by atoms with Crippen molar-refractivity contribution < 1.29 is 29.0 Å². The van der Waals surface area contributed by atoms with Crippen LogP contribution in [0.15, 0.2) is 64.1 Å². The second-order valence-corrected chi connectivity index (χ2v) is 9.70. The van der Waals surface area contributed by atoms with Gasteiger partial charge in [-0.15, -0.1) is 0 Å². The number of amides is 2. The summed E-state index contributed by atoms with van der Waals surface area (Å²) in [5, 5.41) is 10.2. The molecule has 0 saturated heterocycles. The molecule has 0 aromatic heterocycles. The molecule has 1 aliphatic heterocycles. The van der Waals surface area contributed by atoms with Crippen molar-refractivity contribution in [2.75, 3.05) is 4.90 Å². The van der Waals surface area contributed by atoms with Crippen LogP contribution in [0.1, 0.15) is 62.2 Å². The fourth-order valence-corrected chi connectivity index (χ4v) is 5.01. The summed E-state index contributed by atoms with van der Waals surface area (Å²) in [5.74, 6) is -2.14. The molecule has 1 atom stereocenters. The molecule has 1 unspecified atom stereocenters. The smallest absolute Gasteiger partial charge is 0.348 e. The number of carbonyl (C=O) groups excluding carboxylic acids is 3. The molecule has 7 nitrogen and oxygen atoms in total. The zero-order chi connectivity index (χ0) is 25.2. The number of nitrogens with zero attached hydrogens (tertiary/aromatic N) is 1. The molecular formula is C27H26BrNO6. The number of carboxylic acids is 1. The van der Waals surface area contributed by atoms with Crippen molar-refractivity contribution in [3.8, 4) is 5.75 Å². The Balaban J connectivity index is 1.67. The van der Waals surface area contributed by atoms with Crippen LogP contribution < -0.4 is 9.64 Å². The van der Waals surface area contributed by atoms with E-state index in [0.29, 0.717) is 46.1 Å². The average Bonchev–Trinajstić information content (AvgIpc) is 3.11. The van der Waals surface area contributed by atoms with Crippen molar-refractivity contribution in [3.63, 3.8) is 0 Å². The minimum Gasteiger partial charge on any atom is -0.478 e. The lowest BCUT2D eigenvalue weighted by molar-refractivity contribution is -0.156. The summed E-state index contributed by atoms with van der Waals surface area (Å²) in [7, 11) is 0. The summed E-state index contributed by atoms with van der Waals surface area (Å²) < 4.78 is 6.54. The Morgan fingerprint density at radius 1 is 1.03 bits per heavy atom. The third kappa shape index (κ3) is 4.80. The SMILES string of the molecule is CCCC(CC(=O)c1ccccc1)(Oc1cc(N2C(=O)C3=C(CCCC3)C2=O)ccc1Br)C(=O)O. The van der Waals surface area contributed by atoms with Crippen LogP contribution in [0.3, 0.4) is 0 Å². The number of halogens is 1. The number of carbonyl (C=O) groups is 4. The Labute approximate surface area is 211 Å². The highest BCUT2D eigenvalue weighted by Crippen LogP contribution is 2.40. The highest BCUT2D eigenvalue weighted by Gasteiger charge is 2.44. The van der Waals surface area contributed by atoms with Crippen LogP contribution in [0.5, 0.6) is 5.75 Å². The highest BCUT2D eigenvalue weighted by molar-refractivity contribution is 9.10. The molecule has 1 aliphatic carbocycles. The third-order valence-corrected chi connectivity index (χ3v) is 7.11. The van der Waals surface area contributed by atoms with Crippen molar-refractivity contribution in [2.24, 2.45) is 0 Å². The molecule has 2 aliphatic rings. The van der Waals surface area contributed by atoms with Gasteiger partial charge < -0.3 is 9.84 Å². The summed E-state index contributed by atoms with van der Waals surface area (Å²) in [4.78, 5) is 52.6. The topological polar surface area (TPSA) is 101 Å². The quantitative estimate of drug-likeness (QED) is 0.335. The molecule has 4 rings (SSSR count). The van der Waals surface area contributed by atoms with Gasteiger partial charge >= 0.3 is 5.97 Å². The van der Waals surface area contributed by atoms with Gasteiger partial charge in [-0.05, 0) is 60.2 Å². The summed E-state index contributed by atoms with van der Waals surface area (Å²) in [6.45, 7) is 1.82. The van der Waals surface area contributed by atoms with Gasteiger partial charge in [-0.2, -0.15) is 0 Å². The third-order valence-electron chi connectivity index (χ3n) is 6.45. The summed E-state index contributed by atoms with van der Waals surface area (Å²) in [6.07, 6.45) is 3.09. The number of aliphatic carboxylic acids is 1. The normalized spacial score (nSPS) is 17.3. The Bertz CT molecular complexity index is 1190. The maximum atomic E-state index is 13.0. The first-order chi connectivity index (χ1) is 16.8. The number of anilines is 1. The molecule has 0 spiro atoms. The monoisotopic (exact) mass is 539 g/mol. The molecule has 0 fully saturated rings. The molecule has 2 aromatic carbocycles. The van der Waals surface area contributed by atoms with E-state index in [1.165, 1.54) is 6.07 Å². The first kappa shape index (κ1) is 24.9. The molecule has 35 heavy (non-hydrogen) atoms. The Morgan fingerprint density at radius 3 is 2.23 bits per heavy atom. The second kappa shape index (κ2) is 10.2. The number of Topliss-reactive ketones (excluding diaryl/α,β-unsaturated/α-hetero) is 1. The van der Waals surface area contributed by atoms with Gasteiger partial charge in [0.25, 0.3) is 11.8 Å². The van der Waals surface area contributed by atoms with Gasteiger partial charge in [-0.25, -0.2) is 9.69 Å². The Kier molecular flexibility index (Phi) is 7.21. The fourth-order valence-electron chi connectivity index (χ4n) is 4.68. The lowest BCUT2D eigenvalue weighted by atomic mass is 9.89. The second-order valence-electron chi connectivity index (χ2n) is 8.84. The maximum Gasteiger partial charge on any atom is 0.348 e. The summed E-state index contributed by atoms with van der Waals surface area (Å²) in [5.41, 5.74) is 0.00420. The van der Waals surface area contributed by atoms with Gasteiger partial charge in [0.05, 0.1) is 16.6 Å². The maximum absolute atomic E-state index is 13.0. The molecule has 1 heterocycles. The Hall–Kier alpha value is -3.26. The van der Waals surface area contributed by atoms with Crippen molar-refractivity contribution in [1.29, 1.82) is 0 Å². The molecule has 8 heteroatoms. The zero-order valence-electron chi connectivity index (χ0n) is 19.4. The predicted molar refractivity (Wildman–Crippen MR) is 133 cm³/mol. The van der Waals surface area contributed by atoms with E-state index in [2.05, 4.69) is 15.9 Å². The predicted octanol–water partition coefficient (Wildman–Crippen LogP) is 5.47. The lowest BCUT2D eigenvalue weighted by Gasteiger charge is -2.30. The minimum atomic E-state index is -1.82. The minimum absolute atomic E-state index is 0.0923. The van der Waals surface area contributed by atoms with Crippen molar-refractivity contribution in [1.82, 2.24) is 0 Å². The molecule has 2 aromatic rings. The van der Waals surface area contributed by atoms with E-state index < -0.39 is 11.6 Å². The van der Waals surface area contributed by atoms with Crippen LogP contribution in [0, 0.1) is 0 Å². The number of benzene rings is 2. The van der Waals surface area contributed by atoms with E-state index >= 15 is 0 Å². The van der Waals surface area contributed by atoms with Crippen LogP contribution >= 0.6 is 15.9 Å². The van der Waals surface area contributed by atoms with Crippen LogP contribution in [-0.2, 0) is 14.4 Å². The van der Waals surface area contributed by atoms with E-state index in [9.17, 15) is 24.3 Å². The van der Waals surface area contributed by atoms with Crippen molar-refractivity contribution in [2.45, 2.75) is 57.5 Å². The molecule has 2 amide bonds. The fraction of sp³-hybridized carbons (Fsp3) is 0.333. The number of ether oxygens (including phenoxy) is 1. The van der Waals surface area contributed by atoms with Crippen molar-refractivity contribution >= 4 is 45.2 Å². The highest BCUT2D eigenvalue weighted by atomic mass is 79.9. The first-order valence-electron chi connectivity index (χ1n) is 11.7. The van der Waals surface area contributed by atoms with Gasteiger partial charge in [-0.3, -0.25) is 14.4 Å². The standard InChI is InChI=1S/C27H26BrNO6/c1-2-14-27(26(33)34,16-22(30)17-8-4-3-5-9-17)35-23-15-18(12-13-21(23)28)29-24(31)19-10-6-7-11-20(19)25(29)32/h3-5,8-9,12-13,15H,2,6-7,10-11,14,16H2,1H3,(H,33,34). The van der Waals surface area contributed by atoms with Crippen LogP contribution in [0.2, 0.25) is 0 Å². The van der Waals surface area contributed by atoms with Crippen molar-refractivity contribution in [3.05, 3.63) is 69.7 Å². The number of hydrogen-bond acceptors (Lipinski definition) is 5. The van der Waals surface area contributed by atoms with Gasteiger partial charge in [0, 0.05) is 22.8 Å². The average molecular weight is 540 g/mol. The van der Waals surface area contributed by atoms with E-state index in [0.717, 1.165) is 17.7 Å². The van der Waals surface area contributed by atoms with Crippen LogP contribution in [0.4, 0.5) is 5.69 Å². The van der Waals surface area contributed by atoms with Gasteiger partial charge in [0.2, 0.25) is 5.60 Å². The summed E-state index contributed by atoms with van der Waals surface area (Å²) in [6, 6.07) is 13.2. The number of rotatable bonds is 9. The molecule has 0 saturated carbocycles. The number of carboxylic acid groups (broad SMARTS) is 1. The van der Waals surface area contributed by atoms with Gasteiger partial charge in [0.15, 0.2) is 5.78 Å². The van der Waals surface area contributed by atoms with Crippen LogP contribution in [-0.4, -0.2) is 34.3 Å². The first-order valence-corrected chi connectivity index (χ1v) is 12.5. The summed E-state index contributed by atoms with van der Waals surface area (Å²) >= 11 is 3.39. The molecular weight excluding hydrogens is 514 g/mol. The molecule has 0 radical (unpaired) electrons. The number of imide groups is 1. The van der Waals surface area contributed by atoms with Gasteiger partial charge in [-0.1, -0.05) is 43.7 Å². The number of ketones is 1. The lowest BCUT2D eigenvalue weighted by Crippen LogP contribution is -2.46.